The minimum absolute atomic E-state index is 0.171. The molecule has 3 unspecified atom stereocenters. The number of aromatic nitrogens is 1. The average molecular weight is 532 g/mol. The first-order valence-electron chi connectivity index (χ1n) is 11.8. The molecule has 1 fully saturated rings. The number of piperidine rings is 1. The highest BCUT2D eigenvalue weighted by Gasteiger charge is 2.40. The Hall–Kier alpha value is -2.88. The van der Waals surface area contributed by atoms with Gasteiger partial charge in [-0.15, -0.1) is 11.8 Å². The lowest BCUT2D eigenvalue weighted by molar-refractivity contribution is -0.116. The summed E-state index contributed by atoms with van der Waals surface area (Å²) in [6.07, 6.45) is 9.72. The van der Waals surface area contributed by atoms with Gasteiger partial charge in [0.1, 0.15) is 6.10 Å². The topological polar surface area (TPSA) is 141 Å². The first-order chi connectivity index (χ1) is 17.2. The maximum Gasteiger partial charge on any atom is 0.410 e. The molecule has 3 aliphatic rings. The summed E-state index contributed by atoms with van der Waals surface area (Å²) in [6, 6.07) is 5.79. The lowest BCUT2D eigenvalue weighted by atomic mass is 9.88. The minimum Gasteiger partial charge on any atom is -0.446 e. The first kappa shape index (κ1) is 26.2. The van der Waals surface area contributed by atoms with Crippen LogP contribution in [0.1, 0.15) is 37.7 Å². The highest BCUT2D eigenvalue weighted by Crippen LogP contribution is 2.48. The molecule has 0 saturated carbocycles. The van der Waals surface area contributed by atoms with Gasteiger partial charge in [-0.05, 0) is 53.9 Å². The van der Waals surface area contributed by atoms with Crippen LogP contribution in [0.25, 0.3) is 6.08 Å². The van der Waals surface area contributed by atoms with Crippen molar-refractivity contribution < 1.29 is 22.7 Å². The van der Waals surface area contributed by atoms with E-state index in [9.17, 15) is 23.3 Å². The molecule has 4 rings (SSSR count). The second-order valence-corrected chi connectivity index (χ2v) is 12.1. The van der Waals surface area contributed by atoms with Crippen molar-refractivity contribution in [2.24, 2.45) is 5.92 Å². The van der Waals surface area contributed by atoms with Crippen molar-refractivity contribution in [1.82, 2.24) is 19.9 Å². The van der Waals surface area contributed by atoms with Crippen LogP contribution in [-0.4, -0.2) is 67.2 Å². The summed E-state index contributed by atoms with van der Waals surface area (Å²) < 4.78 is 31.2. The van der Waals surface area contributed by atoms with E-state index in [1.165, 1.54) is 17.8 Å². The molecule has 1 saturated heterocycles. The molecule has 36 heavy (non-hydrogen) atoms. The van der Waals surface area contributed by atoms with Gasteiger partial charge in [-0.2, -0.15) is 5.26 Å². The standard InChI is InChI=1S/C24H29N5O5S2/c1-36(32,33)28-17-8-11-29(12-9-17)24(31)34-18-5-6-19-20(14-25)23(35-21(19)13-18)27-22(30)7-4-16-3-2-10-26-15-16/h2-4,7,10,15,17-18,20,23,28H,5-6,8-9,11-13H2,1H3,(H,27,30)/b7-4+. The normalized spacial score (nSPS) is 24.9. The number of carbonyl (C=O) groups excluding carboxylic acids is 2. The van der Waals surface area contributed by atoms with Gasteiger partial charge in [-0.3, -0.25) is 9.78 Å². The zero-order valence-electron chi connectivity index (χ0n) is 19.9. The van der Waals surface area contributed by atoms with Crippen molar-refractivity contribution in [3.8, 4) is 6.07 Å². The van der Waals surface area contributed by atoms with Gasteiger partial charge >= 0.3 is 6.09 Å². The molecule has 0 spiro atoms. The van der Waals surface area contributed by atoms with Crippen LogP contribution < -0.4 is 10.0 Å². The van der Waals surface area contributed by atoms with Gasteiger partial charge in [-0.1, -0.05) is 6.07 Å². The van der Waals surface area contributed by atoms with Gasteiger partial charge in [0.15, 0.2) is 0 Å². The number of rotatable bonds is 6. The average Bonchev–Trinajstić information content (AvgIpc) is 3.18. The molecule has 1 aromatic rings. The van der Waals surface area contributed by atoms with E-state index in [4.69, 9.17) is 4.74 Å². The fourth-order valence-corrected chi connectivity index (χ4v) is 6.99. The van der Waals surface area contributed by atoms with E-state index in [-0.39, 0.29) is 23.4 Å². The zero-order chi connectivity index (χ0) is 25.7. The van der Waals surface area contributed by atoms with E-state index in [1.807, 2.05) is 6.07 Å². The summed E-state index contributed by atoms with van der Waals surface area (Å²) in [7, 11) is -3.28. The van der Waals surface area contributed by atoms with E-state index in [1.54, 1.807) is 29.4 Å². The van der Waals surface area contributed by atoms with Crippen molar-refractivity contribution >= 4 is 39.9 Å². The second kappa shape index (κ2) is 11.5. The molecule has 0 aromatic carbocycles. The first-order valence-corrected chi connectivity index (χ1v) is 14.6. The lowest BCUT2D eigenvalue weighted by Crippen LogP contribution is -2.47. The van der Waals surface area contributed by atoms with E-state index in [0.717, 1.165) is 22.3 Å². The fourth-order valence-electron chi connectivity index (χ4n) is 4.65. The number of thioether (sulfide) groups is 1. The van der Waals surface area contributed by atoms with Gasteiger partial charge in [0.05, 0.1) is 23.6 Å². The summed E-state index contributed by atoms with van der Waals surface area (Å²) in [5.74, 6) is -0.702. The molecule has 10 nitrogen and oxygen atoms in total. The smallest absolute Gasteiger partial charge is 0.410 e. The third kappa shape index (κ3) is 6.87. The van der Waals surface area contributed by atoms with Gasteiger partial charge in [0, 0.05) is 44.0 Å². The molecule has 2 aliphatic heterocycles. The lowest BCUT2D eigenvalue weighted by Gasteiger charge is -2.33. The third-order valence-electron chi connectivity index (χ3n) is 6.39. The molecule has 1 aromatic heterocycles. The van der Waals surface area contributed by atoms with Crippen molar-refractivity contribution in [1.29, 1.82) is 5.26 Å². The van der Waals surface area contributed by atoms with Crippen LogP contribution in [0.5, 0.6) is 0 Å². The molecule has 0 radical (unpaired) electrons. The Labute approximate surface area is 215 Å². The number of hydrogen-bond acceptors (Lipinski definition) is 8. The highest BCUT2D eigenvalue weighted by molar-refractivity contribution is 8.04. The number of hydrogen-bond donors (Lipinski definition) is 2. The van der Waals surface area contributed by atoms with Crippen LogP contribution in [0.2, 0.25) is 0 Å². The Bertz CT molecular complexity index is 1190. The Morgan fingerprint density at radius 3 is 2.75 bits per heavy atom. The van der Waals surface area contributed by atoms with Crippen molar-refractivity contribution in [2.75, 3.05) is 19.3 Å². The molecule has 0 bridgehead atoms. The molecule has 2 amide bonds. The van der Waals surface area contributed by atoms with Gasteiger partial charge < -0.3 is 15.0 Å². The van der Waals surface area contributed by atoms with E-state index >= 15 is 0 Å². The van der Waals surface area contributed by atoms with Crippen LogP contribution in [0, 0.1) is 17.2 Å². The van der Waals surface area contributed by atoms with E-state index in [2.05, 4.69) is 21.1 Å². The van der Waals surface area contributed by atoms with Crippen molar-refractivity contribution in [3.63, 3.8) is 0 Å². The van der Waals surface area contributed by atoms with Gasteiger partial charge in [-0.25, -0.2) is 17.9 Å². The maximum atomic E-state index is 12.7. The number of nitrogens with one attached hydrogen (secondary N) is 2. The highest BCUT2D eigenvalue weighted by atomic mass is 32.2. The summed E-state index contributed by atoms with van der Waals surface area (Å²) in [5, 5.41) is 12.3. The monoisotopic (exact) mass is 531 g/mol. The maximum absolute atomic E-state index is 12.7. The van der Waals surface area contributed by atoms with E-state index < -0.39 is 22.0 Å². The number of pyridine rings is 1. The Morgan fingerprint density at radius 2 is 2.08 bits per heavy atom. The van der Waals surface area contributed by atoms with Crippen LogP contribution >= 0.6 is 11.8 Å². The molecule has 12 heteroatoms. The van der Waals surface area contributed by atoms with Crippen molar-refractivity contribution in [2.45, 2.75) is 49.6 Å². The SMILES string of the molecule is CS(=O)(=O)NC1CCN(C(=O)OC2CCC3=C(C2)SC(NC(=O)/C=C/c2cccnc2)C3C#N)CC1. The van der Waals surface area contributed by atoms with Crippen LogP contribution in [0.15, 0.2) is 41.1 Å². The second-order valence-electron chi connectivity index (χ2n) is 9.12. The third-order valence-corrected chi connectivity index (χ3v) is 8.51. The molecule has 3 heterocycles. The number of likely N-dealkylation sites (tertiary alicyclic amines) is 1. The Morgan fingerprint density at radius 1 is 1.31 bits per heavy atom. The largest absolute Gasteiger partial charge is 0.446 e. The minimum atomic E-state index is -3.28. The summed E-state index contributed by atoms with van der Waals surface area (Å²) in [4.78, 5) is 31.8. The predicted molar refractivity (Wildman–Crippen MR) is 136 cm³/mol. The number of amides is 2. The van der Waals surface area contributed by atoms with E-state index in [0.29, 0.717) is 45.2 Å². The van der Waals surface area contributed by atoms with Gasteiger partial charge in [0.25, 0.3) is 0 Å². The van der Waals surface area contributed by atoms with Crippen LogP contribution in [0.3, 0.4) is 0 Å². The molecule has 192 valence electrons. The molecule has 2 N–H and O–H groups in total. The molecule has 3 atom stereocenters. The fraction of sp³-hybridized carbons (Fsp3) is 0.500. The predicted octanol–water partition coefficient (Wildman–Crippen LogP) is 2.38. The number of sulfonamides is 1. The molecule has 1 aliphatic carbocycles. The number of carbonyl (C=O) groups is 2. The zero-order valence-corrected chi connectivity index (χ0v) is 21.6. The number of ether oxygens (including phenoxy) is 1. The Kier molecular flexibility index (Phi) is 8.33. The number of nitriles is 1. The van der Waals surface area contributed by atoms with Crippen molar-refractivity contribution in [3.05, 3.63) is 46.6 Å². The summed E-state index contributed by atoms with van der Waals surface area (Å²) >= 11 is 1.46. The quantitative estimate of drug-likeness (QED) is 0.533. The summed E-state index contributed by atoms with van der Waals surface area (Å²) in [5.41, 5.74) is 1.82. The van der Waals surface area contributed by atoms with Gasteiger partial charge in [0.2, 0.25) is 15.9 Å². The molecular formula is C24H29N5O5S2. The van der Waals surface area contributed by atoms with Crippen LogP contribution in [-0.2, 0) is 19.6 Å². The molecular weight excluding hydrogens is 502 g/mol. The number of nitrogens with zero attached hydrogens (tertiary/aromatic N) is 3. The Balaban J connectivity index is 1.27. The van der Waals surface area contributed by atoms with Crippen LogP contribution in [0.4, 0.5) is 4.79 Å². The summed E-state index contributed by atoms with van der Waals surface area (Å²) in [6.45, 7) is 0.858.